The van der Waals surface area contributed by atoms with Crippen molar-refractivity contribution in [2.24, 2.45) is 0 Å². The number of fused-ring (bicyclic) bond motifs is 2. The molecule has 5 aromatic rings. The van der Waals surface area contributed by atoms with Crippen LogP contribution in [-0.4, -0.2) is 95.0 Å². The topological polar surface area (TPSA) is 243 Å². The SMILES string of the molecule is CCNC(=O)[C@H]1O[C@@H](n2cnc3c(N)nc(NCCc4ccc(CCC(=O)N[C@H](Cc5c[nH]c6ccccc56)C(=O)O)cc4)nc32)[C@H](O)[C@@H]1O. The molecule has 0 bridgehead atoms. The highest BCUT2D eigenvalue weighted by Gasteiger charge is 2.47. The number of aromatic nitrogens is 5. The van der Waals surface area contributed by atoms with Crippen LogP contribution >= 0.6 is 0 Å². The van der Waals surface area contributed by atoms with E-state index in [1.165, 1.54) is 10.9 Å². The van der Waals surface area contributed by atoms with Crippen LogP contribution in [0, 0.1) is 0 Å². The van der Waals surface area contributed by atoms with Gasteiger partial charge in [0.25, 0.3) is 5.91 Å². The van der Waals surface area contributed by atoms with E-state index in [2.05, 4.69) is 35.9 Å². The number of nitrogens with zero attached hydrogens (tertiary/aromatic N) is 4. The van der Waals surface area contributed by atoms with E-state index >= 15 is 0 Å². The second-order valence-electron chi connectivity index (χ2n) is 12.1. The molecule has 5 atom stereocenters. The highest BCUT2D eigenvalue weighted by Crippen LogP contribution is 2.32. The fourth-order valence-electron chi connectivity index (χ4n) is 6.02. The van der Waals surface area contributed by atoms with E-state index in [-0.39, 0.29) is 41.7 Å². The van der Waals surface area contributed by atoms with Crippen LogP contribution in [0.5, 0.6) is 0 Å². The summed E-state index contributed by atoms with van der Waals surface area (Å²) in [7, 11) is 0. The van der Waals surface area contributed by atoms with Crippen molar-refractivity contribution < 1.29 is 34.4 Å². The number of para-hydroxylation sites is 1. The summed E-state index contributed by atoms with van der Waals surface area (Å²) in [4.78, 5) is 53.1. The molecule has 1 saturated heterocycles. The molecule has 16 heteroatoms. The van der Waals surface area contributed by atoms with Gasteiger partial charge in [0, 0.05) is 43.0 Å². The zero-order valence-corrected chi connectivity index (χ0v) is 27.2. The highest BCUT2D eigenvalue weighted by atomic mass is 16.6. The third kappa shape index (κ3) is 7.36. The number of nitrogen functional groups attached to an aromatic ring is 1. The largest absolute Gasteiger partial charge is 0.480 e. The van der Waals surface area contributed by atoms with Gasteiger partial charge in [0.2, 0.25) is 11.9 Å². The molecular weight excluding hydrogens is 646 g/mol. The van der Waals surface area contributed by atoms with Crippen LogP contribution in [0.25, 0.3) is 22.1 Å². The number of carbonyl (C=O) groups is 3. The number of aliphatic carboxylic acids is 1. The summed E-state index contributed by atoms with van der Waals surface area (Å²) in [6.07, 6.45) is -0.741. The number of benzene rings is 2. The van der Waals surface area contributed by atoms with Crippen molar-refractivity contribution in [3.8, 4) is 0 Å². The molecule has 0 saturated carbocycles. The normalized spacial score (nSPS) is 19.4. The number of aromatic amines is 1. The minimum Gasteiger partial charge on any atom is -0.480 e. The van der Waals surface area contributed by atoms with Gasteiger partial charge >= 0.3 is 5.97 Å². The molecule has 16 nitrogen and oxygen atoms in total. The van der Waals surface area contributed by atoms with Gasteiger partial charge in [0.15, 0.2) is 23.8 Å². The molecule has 1 fully saturated rings. The number of carboxylic acid groups (broad SMARTS) is 1. The van der Waals surface area contributed by atoms with E-state index in [0.29, 0.717) is 25.9 Å². The van der Waals surface area contributed by atoms with Crippen LogP contribution in [-0.2, 0) is 38.4 Å². The number of anilines is 2. The van der Waals surface area contributed by atoms with Crippen molar-refractivity contribution in [1.29, 1.82) is 0 Å². The van der Waals surface area contributed by atoms with Crippen molar-refractivity contribution in [2.75, 3.05) is 24.1 Å². The zero-order chi connectivity index (χ0) is 35.4. The smallest absolute Gasteiger partial charge is 0.326 e. The van der Waals surface area contributed by atoms with Gasteiger partial charge < -0.3 is 46.7 Å². The van der Waals surface area contributed by atoms with Gasteiger partial charge in [-0.25, -0.2) is 9.78 Å². The number of imidazole rings is 1. The first kappa shape index (κ1) is 34.3. The van der Waals surface area contributed by atoms with E-state index in [1.807, 2.05) is 48.5 Å². The Labute approximate surface area is 286 Å². The van der Waals surface area contributed by atoms with E-state index in [4.69, 9.17) is 10.5 Å². The van der Waals surface area contributed by atoms with Crippen LogP contribution in [0.15, 0.2) is 61.1 Å². The molecule has 4 heterocycles. The number of aliphatic hydroxyl groups is 2. The molecule has 1 aliphatic heterocycles. The molecule has 1 aliphatic rings. The van der Waals surface area contributed by atoms with Gasteiger partial charge in [0.1, 0.15) is 23.8 Å². The van der Waals surface area contributed by atoms with Gasteiger partial charge in [-0.2, -0.15) is 9.97 Å². The maximum absolute atomic E-state index is 12.7. The lowest BCUT2D eigenvalue weighted by molar-refractivity contribution is -0.141. The molecular formula is C34H39N9O7. The number of amides is 2. The minimum atomic E-state index is -1.45. The van der Waals surface area contributed by atoms with Gasteiger partial charge in [-0.3, -0.25) is 14.2 Å². The second-order valence-corrected chi connectivity index (χ2v) is 12.1. The monoisotopic (exact) mass is 685 g/mol. The second kappa shape index (κ2) is 14.9. The summed E-state index contributed by atoms with van der Waals surface area (Å²) in [6, 6.07) is 14.3. The van der Waals surface area contributed by atoms with E-state index in [9.17, 15) is 29.7 Å². The fraction of sp³-hybridized carbons (Fsp3) is 0.353. The van der Waals surface area contributed by atoms with E-state index in [1.54, 1.807) is 13.1 Å². The number of hydrogen-bond donors (Lipinski definition) is 8. The third-order valence-corrected chi connectivity index (χ3v) is 8.66. The molecule has 0 unspecified atom stereocenters. The number of H-pyrrole nitrogens is 1. The molecule has 9 N–H and O–H groups in total. The molecule has 2 amide bonds. The summed E-state index contributed by atoms with van der Waals surface area (Å²) in [6.45, 7) is 2.53. The van der Waals surface area contributed by atoms with Crippen LogP contribution < -0.4 is 21.7 Å². The minimum absolute atomic E-state index is 0.102. The number of nitrogens with two attached hydrogens (primary N) is 1. The number of likely N-dealkylation sites (N-methyl/N-ethyl adjacent to an activating group) is 1. The Bertz CT molecular complexity index is 1990. The number of carboxylic acids is 1. The Morgan fingerprint density at radius 1 is 1.04 bits per heavy atom. The van der Waals surface area contributed by atoms with Crippen LogP contribution in [0.4, 0.5) is 11.8 Å². The summed E-state index contributed by atoms with van der Waals surface area (Å²) < 4.78 is 7.13. The Morgan fingerprint density at radius 2 is 1.78 bits per heavy atom. The first-order chi connectivity index (χ1) is 24.1. The Kier molecular flexibility index (Phi) is 10.2. The molecule has 6 rings (SSSR count). The van der Waals surface area contributed by atoms with E-state index in [0.717, 1.165) is 27.6 Å². The quantitative estimate of drug-likeness (QED) is 0.0818. The number of hydrogen-bond acceptors (Lipinski definition) is 11. The first-order valence-electron chi connectivity index (χ1n) is 16.3. The number of ether oxygens (including phenoxy) is 1. The van der Waals surface area contributed by atoms with Crippen molar-refractivity contribution in [1.82, 2.24) is 35.1 Å². The fourth-order valence-corrected chi connectivity index (χ4v) is 6.02. The summed E-state index contributed by atoms with van der Waals surface area (Å²) in [5.41, 5.74) is 10.4. The van der Waals surface area contributed by atoms with Gasteiger partial charge in [-0.15, -0.1) is 0 Å². The summed E-state index contributed by atoms with van der Waals surface area (Å²) in [5.74, 6) is -1.64. The predicted molar refractivity (Wildman–Crippen MR) is 183 cm³/mol. The standard InChI is InChI=1S/C34H39N9O7/c1-2-36-31(47)28-26(45)27(46)32(50-28)43-17-39-25-29(35)41-34(42-30(25)43)37-14-13-19-9-7-18(8-10-19)11-12-24(44)40-23(33(48)49)15-20-16-38-22-6-4-3-5-21(20)22/h3-10,16-17,23,26-28,32,38,45-46H,2,11-15H2,1H3,(H,36,47)(H,40,44)(H,48,49)(H3,35,37,41,42)/t23-,26+,27-,28+,32-/m1/s1. The van der Waals surface area contributed by atoms with Crippen molar-refractivity contribution in [2.45, 2.75) is 63.2 Å². The number of rotatable bonds is 14. The van der Waals surface area contributed by atoms with Gasteiger partial charge in [0.05, 0.1) is 6.33 Å². The number of aryl methyl sites for hydroxylation is 1. The maximum atomic E-state index is 12.7. The summed E-state index contributed by atoms with van der Waals surface area (Å²) in [5, 5.41) is 40.1. The molecule has 0 spiro atoms. The Hall–Kier alpha value is -5.58. The highest BCUT2D eigenvalue weighted by molar-refractivity contribution is 5.87. The van der Waals surface area contributed by atoms with Crippen LogP contribution in [0.1, 0.15) is 36.3 Å². The molecule has 262 valence electrons. The number of carbonyl (C=O) groups excluding carboxylic acids is 2. The lowest BCUT2D eigenvalue weighted by Gasteiger charge is -2.16. The number of aliphatic hydroxyl groups excluding tert-OH is 2. The van der Waals surface area contributed by atoms with Gasteiger partial charge in [-0.1, -0.05) is 42.5 Å². The van der Waals surface area contributed by atoms with Crippen molar-refractivity contribution in [3.63, 3.8) is 0 Å². The first-order valence-corrected chi connectivity index (χ1v) is 16.3. The average Bonchev–Trinajstić information content (AvgIpc) is 3.80. The Morgan fingerprint density at radius 3 is 2.52 bits per heavy atom. The van der Waals surface area contributed by atoms with Crippen molar-refractivity contribution in [3.05, 3.63) is 77.7 Å². The Balaban J connectivity index is 1.01. The zero-order valence-electron chi connectivity index (χ0n) is 27.2. The third-order valence-electron chi connectivity index (χ3n) is 8.66. The van der Waals surface area contributed by atoms with Crippen LogP contribution in [0.2, 0.25) is 0 Å². The predicted octanol–water partition coefficient (Wildman–Crippen LogP) is 1.04. The van der Waals surface area contributed by atoms with Crippen LogP contribution in [0.3, 0.4) is 0 Å². The van der Waals surface area contributed by atoms with E-state index < -0.39 is 42.5 Å². The molecule has 0 aliphatic carbocycles. The maximum Gasteiger partial charge on any atom is 0.326 e. The molecule has 2 aromatic carbocycles. The van der Waals surface area contributed by atoms with Gasteiger partial charge in [-0.05, 0) is 42.5 Å². The lowest BCUT2D eigenvalue weighted by atomic mass is 10.0. The molecule has 3 aromatic heterocycles. The average molecular weight is 686 g/mol. The molecule has 50 heavy (non-hydrogen) atoms. The van der Waals surface area contributed by atoms with Crippen molar-refractivity contribution >= 4 is 51.6 Å². The summed E-state index contributed by atoms with van der Waals surface area (Å²) >= 11 is 0. The molecule has 0 radical (unpaired) electrons. The lowest BCUT2D eigenvalue weighted by Crippen LogP contribution is -2.42. The number of nitrogens with one attached hydrogen (secondary N) is 4.